The molecular weight excluding hydrogens is 332 g/mol. The summed E-state index contributed by atoms with van der Waals surface area (Å²) in [4.78, 5) is 29.4. The molecule has 0 bridgehead atoms. The van der Waals surface area contributed by atoms with Gasteiger partial charge in [-0.1, -0.05) is 12.1 Å². The number of ether oxygens (including phenoxy) is 1. The van der Waals surface area contributed by atoms with Crippen LogP contribution in [0.2, 0.25) is 0 Å². The Morgan fingerprint density at radius 1 is 1.12 bits per heavy atom. The smallest absolute Gasteiger partial charge is 0.257 e. The van der Waals surface area contributed by atoms with Gasteiger partial charge in [0.05, 0.1) is 18.1 Å². The number of carbonyl (C=O) groups is 2. The van der Waals surface area contributed by atoms with E-state index in [1.807, 2.05) is 41.0 Å². The Hall–Kier alpha value is -2.34. The van der Waals surface area contributed by atoms with Gasteiger partial charge in [0, 0.05) is 38.2 Å². The fourth-order valence-electron chi connectivity index (χ4n) is 3.86. The zero-order valence-corrected chi connectivity index (χ0v) is 15.1. The van der Waals surface area contributed by atoms with Crippen molar-refractivity contribution in [2.75, 3.05) is 39.4 Å². The number of amides is 2. The average Bonchev–Trinajstić information content (AvgIpc) is 3.23. The highest BCUT2D eigenvalue weighted by Gasteiger charge is 2.30. The van der Waals surface area contributed by atoms with Crippen LogP contribution in [0.3, 0.4) is 0 Å². The number of para-hydroxylation sites is 1. The lowest BCUT2D eigenvalue weighted by atomic mass is 10.1. The number of benzene rings is 1. The van der Waals surface area contributed by atoms with Crippen LogP contribution in [0.5, 0.6) is 0 Å². The van der Waals surface area contributed by atoms with Crippen molar-refractivity contribution in [3.8, 4) is 0 Å². The molecule has 4 rings (SSSR count). The van der Waals surface area contributed by atoms with Gasteiger partial charge in [-0.2, -0.15) is 0 Å². The largest absolute Gasteiger partial charge is 0.461 e. The van der Waals surface area contributed by atoms with E-state index in [9.17, 15) is 9.59 Å². The van der Waals surface area contributed by atoms with E-state index in [0.717, 1.165) is 24.0 Å². The molecule has 2 aromatic rings. The molecule has 2 fully saturated rings. The molecule has 2 aliphatic rings. The number of hydrogen-bond donors (Lipinski definition) is 0. The van der Waals surface area contributed by atoms with E-state index in [-0.39, 0.29) is 17.7 Å². The standard InChI is InChI=1S/C20H24N2O4/c1-14-12-15-4-2-5-17(18(15)26-14)20(24)22-8-3-7-21(9-10-22)19(23)16-6-11-25-13-16/h2,4-5,12,16H,3,6-11,13H2,1H3. The molecule has 138 valence electrons. The fraction of sp³-hybridized carbons (Fsp3) is 0.500. The number of carbonyl (C=O) groups excluding carboxylic acids is 2. The molecule has 2 amide bonds. The maximum atomic E-state index is 13.1. The first-order chi connectivity index (χ1) is 12.6. The zero-order valence-electron chi connectivity index (χ0n) is 15.1. The van der Waals surface area contributed by atoms with Crippen LogP contribution in [0.25, 0.3) is 11.0 Å². The van der Waals surface area contributed by atoms with Crippen LogP contribution >= 0.6 is 0 Å². The van der Waals surface area contributed by atoms with E-state index in [0.29, 0.717) is 50.5 Å². The van der Waals surface area contributed by atoms with E-state index < -0.39 is 0 Å². The monoisotopic (exact) mass is 356 g/mol. The number of aryl methyl sites for hydroxylation is 1. The molecular formula is C20H24N2O4. The first-order valence-corrected chi connectivity index (χ1v) is 9.28. The van der Waals surface area contributed by atoms with Crippen LogP contribution in [0.1, 0.15) is 29.0 Å². The summed E-state index contributed by atoms with van der Waals surface area (Å²) in [6.07, 6.45) is 1.59. The lowest BCUT2D eigenvalue weighted by molar-refractivity contribution is -0.135. The Morgan fingerprint density at radius 2 is 1.92 bits per heavy atom. The molecule has 0 aliphatic carbocycles. The van der Waals surface area contributed by atoms with Gasteiger partial charge >= 0.3 is 0 Å². The first-order valence-electron chi connectivity index (χ1n) is 9.28. The molecule has 1 unspecified atom stereocenters. The van der Waals surface area contributed by atoms with Crippen molar-refractivity contribution in [2.24, 2.45) is 5.92 Å². The number of rotatable bonds is 2. The third-order valence-corrected chi connectivity index (χ3v) is 5.27. The maximum absolute atomic E-state index is 13.1. The Kier molecular flexibility index (Phi) is 4.68. The van der Waals surface area contributed by atoms with E-state index in [1.165, 1.54) is 0 Å². The van der Waals surface area contributed by atoms with Crippen molar-refractivity contribution in [1.29, 1.82) is 0 Å². The summed E-state index contributed by atoms with van der Waals surface area (Å²) in [5.41, 5.74) is 1.25. The summed E-state index contributed by atoms with van der Waals surface area (Å²) < 4.78 is 11.1. The van der Waals surface area contributed by atoms with Gasteiger partial charge in [0.1, 0.15) is 11.3 Å². The zero-order chi connectivity index (χ0) is 18.1. The molecule has 1 atom stereocenters. The Morgan fingerprint density at radius 3 is 2.73 bits per heavy atom. The van der Waals surface area contributed by atoms with Crippen molar-refractivity contribution < 1.29 is 18.7 Å². The minimum Gasteiger partial charge on any atom is -0.461 e. The van der Waals surface area contributed by atoms with Crippen molar-refractivity contribution >= 4 is 22.8 Å². The quantitative estimate of drug-likeness (QED) is 0.829. The van der Waals surface area contributed by atoms with Gasteiger partial charge in [-0.15, -0.1) is 0 Å². The van der Waals surface area contributed by atoms with Gasteiger partial charge in [-0.25, -0.2) is 0 Å². The van der Waals surface area contributed by atoms with Gasteiger partial charge < -0.3 is 19.0 Å². The maximum Gasteiger partial charge on any atom is 0.257 e. The fourth-order valence-corrected chi connectivity index (χ4v) is 3.86. The molecule has 2 aliphatic heterocycles. The minimum absolute atomic E-state index is 0.0166. The average molecular weight is 356 g/mol. The molecule has 6 heteroatoms. The number of hydrogen-bond acceptors (Lipinski definition) is 4. The lowest BCUT2D eigenvalue weighted by Gasteiger charge is -2.24. The molecule has 1 aromatic carbocycles. The SMILES string of the molecule is Cc1cc2cccc(C(=O)N3CCCN(C(=O)C4CCOC4)CC3)c2o1. The minimum atomic E-state index is -0.0246. The van der Waals surface area contributed by atoms with Crippen LogP contribution in [0.15, 0.2) is 28.7 Å². The van der Waals surface area contributed by atoms with Gasteiger partial charge in [-0.3, -0.25) is 9.59 Å². The normalized spacial score (nSPS) is 21.2. The van der Waals surface area contributed by atoms with Gasteiger partial charge in [0.2, 0.25) is 5.91 Å². The van der Waals surface area contributed by atoms with Gasteiger partial charge in [0.15, 0.2) is 0 Å². The Labute approximate surface area is 152 Å². The molecule has 0 radical (unpaired) electrons. The molecule has 2 saturated heterocycles. The third-order valence-electron chi connectivity index (χ3n) is 5.27. The summed E-state index contributed by atoms with van der Waals surface area (Å²) in [6.45, 7) is 5.56. The number of fused-ring (bicyclic) bond motifs is 1. The molecule has 0 N–H and O–H groups in total. The molecule has 3 heterocycles. The van der Waals surface area contributed by atoms with E-state index in [4.69, 9.17) is 9.15 Å². The Balaban J connectivity index is 1.48. The van der Waals surface area contributed by atoms with Crippen LogP contribution in [0, 0.1) is 12.8 Å². The lowest BCUT2D eigenvalue weighted by Crippen LogP contribution is -2.40. The van der Waals surface area contributed by atoms with Crippen LogP contribution in [-0.4, -0.2) is 61.0 Å². The summed E-state index contributed by atoms with van der Waals surface area (Å²) in [7, 11) is 0. The highest BCUT2D eigenvalue weighted by atomic mass is 16.5. The Bertz CT molecular complexity index is 822. The van der Waals surface area contributed by atoms with Gasteiger partial charge in [0.25, 0.3) is 5.91 Å². The summed E-state index contributed by atoms with van der Waals surface area (Å²) >= 11 is 0. The second-order valence-corrected chi connectivity index (χ2v) is 7.11. The van der Waals surface area contributed by atoms with E-state index in [1.54, 1.807) is 0 Å². The first kappa shape index (κ1) is 17.1. The molecule has 0 spiro atoms. The molecule has 0 saturated carbocycles. The van der Waals surface area contributed by atoms with Crippen LogP contribution in [-0.2, 0) is 9.53 Å². The van der Waals surface area contributed by atoms with Crippen molar-refractivity contribution in [2.45, 2.75) is 19.8 Å². The number of furan rings is 1. The van der Waals surface area contributed by atoms with Gasteiger partial charge in [-0.05, 0) is 31.9 Å². The van der Waals surface area contributed by atoms with Crippen molar-refractivity contribution in [3.05, 3.63) is 35.6 Å². The third kappa shape index (κ3) is 3.21. The molecule has 6 nitrogen and oxygen atoms in total. The van der Waals surface area contributed by atoms with Crippen molar-refractivity contribution in [1.82, 2.24) is 9.80 Å². The topological polar surface area (TPSA) is 63.0 Å². The highest BCUT2D eigenvalue weighted by Crippen LogP contribution is 2.24. The highest BCUT2D eigenvalue weighted by molar-refractivity contribution is 6.05. The second kappa shape index (κ2) is 7.11. The van der Waals surface area contributed by atoms with E-state index in [2.05, 4.69) is 0 Å². The van der Waals surface area contributed by atoms with Crippen LogP contribution in [0.4, 0.5) is 0 Å². The van der Waals surface area contributed by atoms with Crippen LogP contribution < -0.4 is 0 Å². The second-order valence-electron chi connectivity index (χ2n) is 7.11. The molecule has 1 aromatic heterocycles. The molecule has 26 heavy (non-hydrogen) atoms. The van der Waals surface area contributed by atoms with Crippen molar-refractivity contribution in [3.63, 3.8) is 0 Å². The summed E-state index contributed by atoms with van der Waals surface area (Å²) in [5.74, 6) is 0.924. The van der Waals surface area contributed by atoms with E-state index >= 15 is 0 Å². The summed E-state index contributed by atoms with van der Waals surface area (Å²) in [6, 6.07) is 7.60. The predicted octanol–water partition coefficient (Wildman–Crippen LogP) is 2.45. The predicted molar refractivity (Wildman–Crippen MR) is 97.0 cm³/mol. The number of nitrogens with zero attached hydrogens (tertiary/aromatic N) is 2. The summed E-state index contributed by atoms with van der Waals surface area (Å²) in [5, 5.41) is 0.946.